The summed E-state index contributed by atoms with van der Waals surface area (Å²) in [6.07, 6.45) is 5.55. The fourth-order valence-electron chi connectivity index (χ4n) is 2.99. The third kappa shape index (κ3) is 2.48. The predicted molar refractivity (Wildman–Crippen MR) is 81.9 cm³/mol. The van der Waals surface area contributed by atoms with Crippen LogP contribution in [0.15, 0.2) is 18.3 Å². The summed E-state index contributed by atoms with van der Waals surface area (Å²) in [4.78, 5) is 9.11. The molecule has 0 spiro atoms. The highest BCUT2D eigenvalue weighted by atomic mass is 35.5. The Balaban J connectivity index is 1.95. The van der Waals surface area contributed by atoms with Crippen LogP contribution in [0.3, 0.4) is 0 Å². The molecule has 0 amide bonds. The van der Waals surface area contributed by atoms with Crippen LogP contribution in [0.2, 0.25) is 0 Å². The highest BCUT2D eigenvalue weighted by Gasteiger charge is 2.28. The van der Waals surface area contributed by atoms with Gasteiger partial charge in [-0.05, 0) is 37.1 Å². The molecule has 3 nitrogen and oxygen atoms in total. The maximum absolute atomic E-state index is 6.06. The van der Waals surface area contributed by atoms with Crippen LogP contribution in [0, 0.1) is 0 Å². The Labute approximate surface area is 122 Å². The number of imidazole rings is 1. The Morgan fingerprint density at radius 1 is 1.47 bits per heavy atom. The van der Waals surface area contributed by atoms with E-state index in [4.69, 9.17) is 11.6 Å². The molecule has 2 aromatic heterocycles. The first-order valence-electron chi connectivity index (χ1n) is 6.83. The molecule has 102 valence electrons. The molecule has 3 rings (SSSR count). The molecule has 2 unspecified atom stereocenters. The van der Waals surface area contributed by atoms with E-state index in [9.17, 15) is 0 Å². The molecule has 1 aliphatic rings. The summed E-state index contributed by atoms with van der Waals surface area (Å²) in [5.41, 5.74) is 1.95. The molecule has 0 bridgehead atoms. The van der Waals surface area contributed by atoms with Gasteiger partial charge in [0.25, 0.3) is 0 Å². The Morgan fingerprint density at radius 2 is 2.37 bits per heavy atom. The van der Waals surface area contributed by atoms with Crippen molar-refractivity contribution in [3.8, 4) is 0 Å². The van der Waals surface area contributed by atoms with Gasteiger partial charge in [-0.1, -0.05) is 6.92 Å². The van der Waals surface area contributed by atoms with Gasteiger partial charge >= 0.3 is 0 Å². The zero-order chi connectivity index (χ0) is 13.2. The van der Waals surface area contributed by atoms with Crippen molar-refractivity contribution in [1.82, 2.24) is 14.5 Å². The van der Waals surface area contributed by atoms with Gasteiger partial charge in [-0.2, -0.15) is 11.8 Å². The second-order valence-electron chi connectivity index (χ2n) is 4.92. The number of hydrogen-bond acceptors (Lipinski definition) is 3. The highest BCUT2D eigenvalue weighted by Crippen LogP contribution is 2.39. The summed E-state index contributed by atoms with van der Waals surface area (Å²) in [5, 5.41) is 0.777. The molecule has 5 heteroatoms. The lowest BCUT2D eigenvalue weighted by atomic mass is 10.2. The van der Waals surface area contributed by atoms with Gasteiger partial charge in [0.1, 0.15) is 11.3 Å². The quantitative estimate of drug-likeness (QED) is 0.798. The van der Waals surface area contributed by atoms with Crippen LogP contribution in [-0.4, -0.2) is 25.5 Å². The van der Waals surface area contributed by atoms with E-state index in [1.807, 2.05) is 18.3 Å². The number of halogens is 1. The van der Waals surface area contributed by atoms with Crippen molar-refractivity contribution in [3.63, 3.8) is 0 Å². The van der Waals surface area contributed by atoms with E-state index in [2.05, 4.69) is 33.2 Å². The summed E-state index contributed by atoms with van der Waals surface area (Å²) in [7, 11) is 0. The average molecular weight is 296 g/mol. The zero-order valence-electron chi connectivity index (χ0n) is 11.1. The predicted octanol–water partition coefficient (Wildman–Crippen LogP) is 4.02. The van der Waals surface area contributed by atoms with Crippen LogP contribution in [-0.2, 0) is 5.88 Å². The molecule has 0 saturated heterocycles. The smallest absolute Gasteiger partial charge is 0.160 e. The van der Waals surface area contributed by atoms with Crippen LogP contribution < -0.4 is 0 Å². The number of aromatic nitrogens is 3. The number of nitrogens with zero attached hydrogens (tertiary/aromatic N) is 3. The van der Waals surface area contributed by atoms with E-state index in [-0.39, 0.29) is 0 Å². The average Bonchev–Trinajstić information content (AvgIpc) is 3.02. The number of pyridine rings is 1. The van der Waals surface area contributed by atoms with Gasteiger partial charge in [0.05, 0.1) is 5.88 Å². The van der Waals surface area contributed by atoms with E-state index in [0.29, 0.717) is 11.9 Å². The van der Waals surface area contributed by atoms with Crippen molar-refractivity contribution in [1.29, 1.82) is 0 Å². The number of alkyl halides is 1. The molecule has 1 aliphatic carbocycles. The Morgan fingerprint density at radius 3 is 3.16 bits per heavy atom. The van der Waals surface area contributed by atoms with Gasteiger partial charge in [0.15, 0.2) is 5.65 Å². The second-order valence-corrected chi connectivity index (χ2v) is 6.77. The molecule has 0 aromatic carbocycles. The molecule has 0 N–H and O–H groups in total. The van der Waals surface area contributed by atoms with Crippen molar-refractivity contribution < 1.29 is 0 Å². The molecule has 0 aliphatic heterocycles. The van der Waals surface area contributed by atoms with Gasteiger partial charge in [-0.15, -0.1) is 11.6 Å². The SMILES string of the molecule is CCSC1CCC(n2c(CCl)nc3cccnc32)C1. The first kappa shape index (κ1) is 13.3. The van der Waals surface area contributed by atoms with Crippen molar-refractivity contribution in [3.05, 3.63) is 24.2 Å². The molecule has 1 fully saturated rings. The minimum atomic E-state index is 0.457. The van der Waals surface area contributed by atoms with Crippen molar-refractivity contribution in [2.75, 3.05) is 5.75 Å². The molecular formula is C14H18ClN3S. The Bertz CT molecular complexity index is 569. The van der Waals surface area contributed by atoms with Crippen LogP contribution in [0.4, 0.5) is 0 Å². The van der Waals surface area contributed by atoms with Gasteiger partial charge < -0.3 is 4.57 Å². The van der Waals surface area contributed by atoms with Crippen molar-refractivity contribution >= 4 is 34.5 Å². The van der Waals surface area contributed by atoms with E-state index >= 15 is 0 Å². The van der Waals surface area contributed by atoms with E-state index in [1.165, 1.54) is 25.0 Å². The fraction of sp³-hybridized carbons (Fsp3) is 0.571. The summed E-state index contributed by atoms with van der Waals surface area (Å²) in [6, 6.07) is 4.46. The number of fused-ring (bicyclic) bond motifs is 1. The van der Waals surface area contributed by atoms with Crippen LogP contribution in [0.1, 0.15) is 38.1 Å². The van der Waals surface area contributed by atoms with Gasteiger partial charge in [-0.3, -0.25) is 0 Å². The topological polar surface area (TPSA) is 30.7 Å². The maximum atomic E-state index is 6.06. The number of rotatable bonds is 4. The fourth-order valence-corrected chi connectivity index (χ4v) is 4.31. The maximum Gasteiger partial charge on any atom is 0.160 e. The second kappa shape index (κ2) is 5.71. The van der Waals surface area contributed by atoms with Gasteiger partial charge in [0, 0.05) is 17.5 Å². The Kier molecular flexibility index (Phi) is 3.99. The zero-order valence-corrected chi connectivity index (χ0v) is 12.6. The molecule has 0 radical (unpaired) electrons. The lowest BCUT2D eigenvalue weighted by Crippen LogP contribution is -2.10. The van der Waals surface area contributed by atoms with Crippen LogP contribution in [0.5, 0.6) is 0 Å². The van der Waals surface area contributed by atoms with Gasteiger partial charge in [0.2, 0.25) is 0 Å². The first-order chi connectivity index (χ1) is 9.33. The van der Waals surface area contributed by atoms with Crippen LogP contribution in [0.25, 0.3) is 11.2 Å². The monoisotopic (exact) mass is 295 g/mol. The molecule has 2 atom stereocenters. The Hall–Kier alpha value is -0.740. The van der Waals surface area contributed by atoms with E-state index in [0.717, 1.165) is 22.2 Å². The molecule has 2 aromatic rings. The standard InChI is InChI=1S/C14H18ClN3S/c1-2-19-11-6-5-10(8-11)18-13(9-15)17-12-4-3-7-16-14(12)18/h3-4,7,10-11H,2,5-6,8-9H2,1H3. The van der Waals surface area contributed by atoms with Crippen molar-refractivity contribution in [2.45, 2.75) is 43.4 Å². The van der Waals surface area contributed by atoms with Crippen molar-refractivity contribution in [2.24, 2.45) is 0 Å². The van der Waals surface area contributed by atoms with Crippen LogP contribution >= 0.6 is 23.4 Å². The molecular weight excluding hydrogens is 278 g/mol. The summed E-state index contributed by atoms with van der Waals surface area (Å²) in [6.45, 7) is 2.23. The normalized spacial score (nSPS) is 23.3. The van der Waals surface area contributed by atoms with E-state index < -0.39 is 0 Å². The third-order valence-electron chi connectivity index (χ3n) is 3.77. The summed E-state index contributed by atoms with van der Waals surface area (Å²) in [5.74, 6) is 2.61. The lowest BCUT2D eigenvalue weighted by Gasteiger charge is -2.15. The highest BCUT2D eigenvalue weighted by molar-refractivity contribution is 7.99. The van der Waals surface area contributed by atoms with E-state index in [1.54, 1.807) is 0 Å². The molecule has 1 saturated carbocycles. The lowest BCUT2D eigenvalue weighted by molar-refractivity contribution is 0.516. The molecule has 2 heterocycles. The number of hydrogen-bond donors (Lipinski definition) is 0. The summed E-state index contributed by atoms with van der Waals surface area (Å²) < 4.78 is 2.28. The minimum absolute atomic E-state index is 0.457. The van der Waals surface area contributed by atoms with Gasteiger partial charge in [-0.25, -0.2) is 9.97 Å². The minimum Gasteiger partial charge on any atom is -0.309 e. The summed E-state index contributed by atoms with van der Waals surface area (Å²) >= 11 is 8.13. The first-order valence-corrected chi connectivity index (χ1v) is 8.41. The number of thioether (sulfide) groups is 1. The molecule has 19 heavy (non-hydrogen) atoms. The largest absolute Gasteiger partial charge is 0.309 e. The third-order valence-corrected chi connectivity index (χ3v) is 5.24.